The maximum Gasteiger partial charge on any atom is 0.359 e. The van der Waals surface area contributed by atoms with Gasteiger partial charge < -0.3 is 9.97 Å². The van der Waals surface area contributed by atoms with E-state index >= 15 is 0 Å². The number of nitrogens with zero attached hydrogens (tertiary/aromatic N) is 2. The van der Waals surface area contributed by atoms with E-state index in [4.69, 9.17) is 21.2 Å². The quantitative estimate of drug-likeness (QED) is 0.598. The monoisotopic (exact) mass is 383 g/mol. The van der Waals surface area contributed by atoms with E-state index in [9.17, 15) is 0 Å². The fourth-order valence-corrected chi connectivity index (χ4v) is 4.26. The first-order valence-corrected chi connectivity index (χ1v) is 9.92. The molecule has 0 unspecified atom stereocenters. The van der Waals surface area contributed by atoms with Gasteiger partial charge in [-0.1, -0.05) is 24.6 Å². The van der Waals surface area contributed by atoms with E-state index in [2.05, 4.69) is 42.2 Å². The summed E-state index contributed by atoms with van der Waals surface area (Å²) in [6.07, 6.45) is 1.82. The van der Waals surface area contributed by atoms with Crippen molar-refractivity contribution in [1.29, 1.82) is 0 Å². The molecule has 0 saturated heterocycles. The summed E-state index contributed by atoms with van der Waals surface area (Å²) in [5.74, 6) is 2.49. The molecule has 0 radical (unpaired) electrons. The zero-order chi connectivity index (χ0) is 18.3. The van der Waals surface area contributed by atoms with Gasteiger partial charge >= 0.3 is 6.92 Å². The normalized spacial score (nSPS) is 12.8. The van der Waals surface area contributed by atoms with E-state index in [-0.39, 0.29) is 6.92 Å². The van der Waals surface area contributed by atoms with Crippen molar-refractivity contribution in [3.8, 4) is 16.5 Å². The zero-order valence-corrected chi connectivity index (χ0v) is 16.5. The van der Waals surface area contributed by atoms with Crippen LogP contribution in [-0.4, -0.2) is 16.9 Å². The van der Waals surface area contributed by atoms with E-state index in [1.165, 1.54) is 16.9 Å². The predicted octanol–water partition coefficient (Wildman–Crippen LogP) is 5.57. The maximum absolute atomic E-state index is 6.08. The molecule has 0 spiro atoms. The van der Waals surface area contributed by atoms with Gasteiger partial charge in [0.15, 0.2) is 5.82 Å². The van der Waals surface area contributed by atoms with Gasteiger partial charge in [0.25, 0.3) is 0 Å². The Bertz CT molecular complexity index is 975. The van der Waals surface area contributed by atoms with Crippen LogP contribution in [-0.2, 0) is 12.7 Å². The van der Waals surface area contributed by atoms with Crippen LogP contribution in [0.5, 0.6) is 5.75 Å². The number of nitrogens with one attached hydrogen (secondary N) is 1. The Labute approximate surface area is 162 Å². The fourth-order valence-electron chi connectivity index (χ4n) is 3.28. The Balaban J connectivity index is 1.71. The maximum atomic E-state index is 6.08. The Morgan fingerprint density at radius 2 is 2.12 bits per heavy atom. The summed E-state index contributed by atoms with van der Waals surface area (Å²) in [4.78, 5) is 10.4. The smallest absolute Gasteiger partial charge is 0.359 e. The topological polar surface area (TPSA) is 47.0 Å². The molecule has 0 aliphatic carbocycles. The molecule has 26 heavy (non-hydrogen) atoms. The Morgan fingerprint density at radius 3 is 2.85 bits per heavy atom. The lowest BCUT2D eigenvalue weighted by molar-refractivity contribution is 0.596. The van der Waals surface area contributed by atoms with Gasteiger partial charge in [-0.25, -0.2) is 9.97 Å². The van der Waals surface area contributed by atoms with Crippen LogP contribution >= 0.6 is 22.9 Å². The van der Waals surface area contributed by atoms with Crippen LogP contribution < -0.4 is 9.97 Å². The van der Waals surface area contributed by atoms with Crippen LogP contribution in [0.2, 0.25) is 11.2 Å². The van der Waals surface area contributed by atoms with Gasteiger partial charge in [-0.3, -0.25) is 0 Å². The van der Waals surface area contributed by atoms with E-state index < -0.39 is 0 Å². The van der Waals surface area contributed by atoms with Gasteiger partial charge in [-0.15, -0.1) is 11.3 Å². The molecule has 1 N–H and O–H groups in total. The second-order valence-corrected chi connectivity index (χ2v) is 8.21. The second kappa shape index (κ2) is 6.93. The van der Waals surface area contributed by atoms with Crippen LogP contribution in [0.15, 0.2) is 30.3 Å². The zero-order valence-electron chi connectivity index (χ0n) is 15.0. The summed E-state index contributed by atoms with van der Waals surface area (Å²) in [6.45, 7) is 6.47. The van der Waals surface area contributed by atoms with Crippen molar-refractivity contribution in [3.05, 3.63) is 51.5 Å². The fraction of sp³-hybridized carbons (Fsp3) is 0.263. The van der Waals surface area contributed by atoms with Crippen LogP contribution in [0.4, 0.5) is 11.5 Å². The third-order valence-corrected chi connectivity index (χ3v) is 5.75. The molecule has 3 heterocycles. The molecule has 0 bridgehead atoms. The SMILES string of the molecule is CCc1c(C)nc(-c2ccc(Cl)s2)nc1Nc1ccc2c(c1)OB(C)C2. The molecular formula is C19H19BClN3OS. The van der Waals surface area contributed by atoms with Crippen molar-refractivity contribution in [1.82, 2.24) is 9.97 Å². The molecular weight excluding hydrogens is 365 g/mol. The van der Waals surface area contributed by atoms with Gasteiger partial charge in [-0.05, 0) is 50.3 Å². The Morgan fingerprint density at radius 1 is 1.27 bits per heavy atom. The molecule has 0 atom stereocenters. The van der Waals surface area contributed by atoms with Crippen LogP contribution in [0.25, 0.3) is 10.7 Å². The van der Waals surface area contributed by atoms with Gasteiger partial charge in [0.2, 0.25) is 0 Å². The molecule has 4 nitrogen and oxygen atoms in total. The Hall–Kier alpha value is -2.05. The van der Waals surface area contributed by atoms with Crippen molar-refractivity contribution in [2.24, 2.45) is 0 Å². The van der Waals surface area contributed by atoms with Crippen molar-refractivity contribution in [3.63, 3.8) is 0 Å². The molecule has 7 heteroatoms. The minimum Gasteiger partial charge on any atom is -0.560 e. The number of halogens is 1. The molecule has 1 aliphatic heterocycles. The summed E-state index contributed by atoms with van der Waals surface area (Å²) in [5.41, 5.74) is 4.33. The number of hydrogen-bond donors (Lipinski definition) is 1. The summed E-state index contributed by atoms with van der Waals surface area (Å²) in [5, 5.41) is 3.47. The number of hydrogen-bond acceptors (Lipinski definition) is 5. The van der Waals surface area contributed by atoms with Gasteiger partial charge in [-0.2, -0.15) is 0 Å². The number of aryl methyl sites for hydroxylation is 1. The summed E-state index contributed by atoms with van der Waals surface area (Å²) in [7, 11) is 0. The highest BCUT2D eigenvalue weighted by Crippen LogP contribution is 2.34. The molecule has 2 aromatic heterocycles. The van der Waals surface area contributed by atoms with E-state index in [1.54, 1.807) is 0 Å². The second-order valence-electron chi connectivity index (χ2n) is 6.50. The van der Waals surface area contributed by atoms with Gasteiger partial charge in [0.1, 0.15) is 11.6 Å². The van der Waals surface area contributed by atoms with Gasteiger partial charge in [0, 0.05) is 23.0 Å². The lowest BCUT2D eigenvalue weighted by Gasteiger charge is -2.14. The van der Waals surface area contributed by atoms with E-state index in [1.807, 2.05) is 19.1 Å². The molecule has 4 rings (SSSR count). The minimum atomic E-state index is 0.239. The number of thiophene rings is 1. The molecule has 1 aliphatic rings. The first-order chi connectivity index (χ1) is 12.5. The molecule has 132 valence electrons. The lowest BCUT2D eigenvalue weighted by Crippen LogP contribution is -2.12. The average molecular weight is 384 g/mol. The number of anilines is 2. The Kier molecular flexibility index (Phi) is 4.63. The highest BCUT2D eigenvalue weighted by atomic mass is 35.5. The highest BCUT2D eigenvalue weighted by molar-refractivity contribution is 7.19. The van der Waals surface area contributed by atoms with Gasteiger partial charge in [0.05, 0.1) is 9.21 Å². The average Bonchev–Trinajstić information content (AvgIpc) is 3.19. The highest BCUT2D eigenvalue weighted by Gasteiger charge is 2.23. The van der Waals surface area contributed by atoms with E-state index in [0.29, 0.717) is 5.82 Å². The minimum absolute atomic E-state index is 0.239. The van der Waals surface area contributed by atoms with Crippen molar-refractivity contribution < 1.29 is 4.65 Å². The molecule has 3 aromatic rings. The summed E-state index contributed by atoms with van der Waals surface area (Å²) < 4.78 is 6.61. The number of rotatable bonds is 4. The number of aromatic nitrogens is 2. The predicted molar refractivity (Wildman–Crippen MR) is 110 cm³/mol. The number of fused-ring (bicyclic) bond motifs is 1. The first kappa shape index (κ1) is 17.4. The third-order valence-electron chi connectivity index (χ3n) is 4.53. The summed E-state index contributed by atoms with van der Waals surface area (Å²) in [6, 6.07) is 10.1. The van der Waals surface area contributed by atoms with Crippen LogP contribution in [0.3, 0.4) is 0 Å². The van der Waals surface area contributed by atoms with Crippen molar-refractivity contribution in [2.75, 3.05) is 5.32 Å². The van der Waals surface area contributed by atoms with Crippen molar-refractivity contribution >= 4 is 41.4 Å². The van der Waals surface area contributed by atoms with E-state index in [0.717, 1.165) is 50.5 Å². The van der Waals surface area contributed by atoms with Crippen LogP contribution in [0, 0.1) is 6.92 Å². The van der Waals surface area contributed by atoms with Crippen LogP contribution in [0.1, 0.15) is 23.7 Å². The largest absolute Gasteiger partial charge is 0.560 e. The third kappa shape index (κ3) is 3.31. The lowest BCUT2D eigenvalue weighted by atomic mass is 9.68. The molecule has 0 amide bonds. The number of benzene rings is 1. The standard InChI is InChI=1S/C19H19BClN3OS/c1-4-14-11(2)22-19(16-7-8-17(21)26-16)24-18(14)23-13-6-5-12-10-20(3)25-15(12)9-13/h5-9H,4,10H2,1-3H3,(H,22,23,24). The summed E-state index contributed by atoms with van der Waals surface area (Å²) >= 11 is 7.56. The van der Waals surface area contributed by atoms with Crippen molar-refractivity contribution in [2.45, 2.75) is 33.4 Å². The molecule has 1 aromatic carbocycles. The molecule has 0 fully saturated rings. The molecule has 0 saturated carbocycles. The first-order valence-electron chi connectivity index (χ1n) is 8.73.